The monoisotopic (exact) mass is 680 g/mol. The molecule has 8 aromatic rings. The summed E-state index contributed by atoms with van der Waals surface area (Å²) < 4.78 is 6.32. The van der Waals surface area contributed by atoms with E-state index < -0.39 is 0 Å². The quantitative estimate of drug-likeness (QED) is 0.189. The van der Waals surface area contributed by atoms with Crippen LogP contribution in [0.4, 0.5) is 0 Å². The van der Waals surface area contributed by atoms with Crippen molar-refractivity contribution in [2.24, 2.45) is 4.99 Å². The molecule has 0 spiro atoms. The molecule has 0 unspecified atom stereocenters. The molecule has 2 bridgehead atoms. The standard InChI is InChI=1S/C50H36N2O/c1-3-46-40-16-8-7-15-38(40)39-26-24-35(36-25-27-42-41-17-9-10-19-47(41)53-48(42)30-36)28-44(39)37-23-21-33-20-22-34-14-11-18-43(49(34)45(33)29-37)50(52-46)51-31(2)32-12-5-4-6-13-32/h3-21,23-30,52H,22H2,1-2H3/b46-3+,50-43?,51-31?. The first-order valence-corrected chi connectivity index (χ1v) is 18.3. The highest BCUT2D eigenvalue weighted by Crippen LogP contribution is 2.40. The number of hydrogen-bond donors (Lipinski definition) is 1. The van der Waals surface area contributed by atoms with Gasteiger partial charge in [0.2, 0.25) is 0 Å². The fourth-order valence-electron chi connectivity index (χ4n) is 8.17. The van der Waals surface area contributed by atoms with E-state index in [-0.39, 0.29) is 0 Å². The van der Waals surface area contributed by atoms with Gasteiger partial charge in [-0.05, 0) is 111 Å². The van der Waals surface area contributed by atoms with E-state index in [9.17, 15) is 0 Å². The number of nitrogens with zero attached hydrogens (tertiary/aromatic N) is 1. The maximum atomic E-state index is 6.32. The van der Waals surface area contributed by atoms with E-state index in [0.29, 0.717) is 0 Å². The van der Waals surface area contributed by atoms with E-state index in [1.54, 1.807) is 0 Å². The molecule has 1 aromatic heterocycles. The zero-order chi connectivity index (χ0) is 35.5. The lowest BCUT2D eigenvalue weighted by Gasteiger charge is -2.21. The molecule has 1 N–H and O–H groups in total. The average molecular weight is 681 g/mol. The second-order valence-electron chi connectivity index (χ2n) is 13.9. The van der Waals surface area contributed by atoms with Gasteiger partial charge in [0, 0.05) is 33.0 Å². The van der Waals surface area contributed by atoms with Gasteiger partial charge in [0.25, 0.3) is 0 Å². The van der Waals surface area contributed by atoms with E-state index in [1.807, 2.05) is 18.2 Å². The molecule has 3 heteroatoms. The van der Waals surface area contributed by atoms with Crippen LogP contribution in [0.2, 0.25) is 0 Å². The zero-order valence-corrected chi connectivity index (χ0v) is 29.7. The van der Waals surface area contributed by atoms with Crippen molar-refractivity contribution in [2.75, 3.05) is 0 Å². The van der Waals surface area contributed by atoms with E-state index >= 15 is 0 Å². The molecule has 0 fully saturated rings. The summed E-state index contributed by atoms with van der Waals surface area (Å²) in [4.78, 5) is 5.37. The van der Waals surface area contributed by atoms with Gasteiger partial charge in [0.15, 0.2) is 0 Å². The molecular weight excluding hydrogens is 645 g/mol. The SMILES string of the molecule is C/C=C1/NC(N=C(C)c2ccccc2)=c2cccc3c2=c2cc(ccc2=CC3)-c2cc(-c3ccc4c(c3)oc3ccccc34)ccc2-c2ccccc21. The number of allylic oxidation sites excluding steroid dienone is 1. The van der Waals surface area contributed by atoms with Crippen molar-refractivity contribution < 1.29 is 4.42 Å². The molecule has 0 amide bonds. The van der Waals surface area contributed by atoms with Crippen molar-refractivity contribution in [1.29, 1.82) is 0 Å². The number of para-hydroxylation sites is 1. The molecule has 2 aliphatic rings. The van der Waals surface area contributed by atoms with Crippen LogP contribution >= 0.6 is 0 Å². The molecule has 252 valence electrons. The van der Waals surface area contributed by atoms with E-state index in [4.69, 9.17) is 9.41 Å². The maximum Gasteiger partial charge on any atom is 0.138 e. The van der Waals surface area contributed by atoms with Crippen LogP contribution in [0.1, 0.15) is 30.5 Å². The Morgan fingerprint density at radius 3 is 2.23 bits per heavy atom. The Morgan fingerprint density at radius 2 is 1.34 bits per heavy atom. The van der Waals surface area contributed by atoms with Gasteiger partial charge in [-0.1, -0.05) is 133 Å². The first-order chi connectivity index (χ1) is 26.1. The Hall–Kier alpha value is -6.71. The molecule has 3 nitrogen and oxygen atoms in total. The molecule has 1 aliphatic heterocycles. The van der Waals surface area contributed by atoms with E-state index in [1.165, 1.54) is 37.9 Å². The van der Waals surface area contributed by atoms with Crippen LogP contribution in [-0.4, -0.2) is 5.71 Å². The van der Waals surface area contributed by atoms with Crippen molar-refractivity contribution in [3.05, 3.63) is 195 Å². The number of benzene rings is 7. The first-order valence-electron chi connectivity index (χ1n) is 18.3. The predicted molar refractivity (Wildman–Crippen MR) is 220 cm³/mol. The van der Waals surface area contributed by atoms with Gasteiger partial charge in [-0.3, -0.25) is 0 Å². The molecule has 7 aromatic carbocycles. The fraction of sp³-hybridized carbons (Fsp3) is 0.0600. The Balaban J connectivity index is 1.29. The van der Waals surface area contributed by atoms with Crippen LogP contribution in [0, 0.1) is 10.4 Å². The highest BCUT2D eigenvalue weighted by molar-refractivity contribution is 6.06. The topological polar surface area (TPSA) is 37.5 Å². The first kappa shape index (κ1) is 31.1. The van der Waals surface area contributed by atoms with Crippen molar-refractivity contribution >= 4 is 45.2 Å². The average Bonchev–Trinajstić information content (AvgIpc) is 3.59. The van der Waals surface area contributed by atoms with Gasteiger partial charge in [-0.25, -0.2) is 4.99 Å². The van der Waals surface area contributed by atoms with Gasteiger partial charge in [-0.2, -0.15) is 0 Å². The molecule has 53 heavy (non-hydrogen) atoms. The number of nitrogens with one attached hydrogen (secondary N) is 1. The van der Waals surface area contributed by atoms with Crippen LogP contribution < -0.4 is 15.8 Å². The van der Waals surface area contributed by atoms with Gasteiger partial charge < -0.3 is 9.73 Å². The molecule has 2 heterocycles. The highest BCUT2D eigenvalue weighted by Gasteiger charge is 2.19. The maximum absolute atomic E-state index is 6.32. The number of aliphatic imine (C=N–C) groups is 1. The predicted octanol–water partition coefficient (Wildman–Crippen LogP) is 10.7. The lowest BCUT2D eigenvalue weighted by molar-refractivity contribution is 0.669. The van der Waals surface area contributed by atoms with Crippen LogP contribution in [-0.2, 0) is 6.42 Å². The fourth-order valence-corrected chi connectivity index (χ4v) is 8.17. The highest BCUT2D eigenvalue weighted by atomic mass is 16.3. The number of rotatable bonds is 3. The number of hydrogen-bond acceptors (Lipinski definition) is 3. The smallest absolute Gasteiger partial charge is 0.138 e. The van der Waals surface area contributed by atoms with Crippen LogP contribution in [0.3, 0.4) is 0 Å². The minimum absolute atomic E-state index is 0.835. The van der Waals surface area contributed by atoms with Crippen LogP contribution in [0.15, 0.2) is 167 Å². The third kappa shape index (κ3) is 5.24. The van der Waals surface area contributed by atoms with Crippen molar-refractivity contribution in [3.8, 4) is 33.4 Å². The summed E-state index contributed by atoms with van der Waals surface area (Å²) in [5.74, 6) is 0.835. The summed E-state index contributed by atoms with van der Waals surface area (Å²) >= 11 is 0. The molecule has 10 rings (SSSR count). The molecule has 0 saturated heterocycles. The Kier molecular flexibility index (Phi) is 7.33. The van der Waals surface area contributed by atoms with Gasteiger partial charge in [-0.15, -0.1) is 0 Å². The Morgan fingerprint density at radius 1 is 0.604 bits per heavy atom. The molecule has 0 radical (unpaired) electrons. The largest absolute Gasteiger partial charge is 0.456 e. The minimum atomic E-state index is 0.835. The Bertz CT molecular complexity index is 3070. The summed E-state index contributed by atoms with van der Waals surface area (Å²) in [6.45, 7) is 4.20. The van der Waals surface area contributed by atoms with Crippen molar-refractivity contribution in [1.82, 2.24) is 5.32 Å². The van der Waals surface area contributed by atoms with Crippen LogP contribution in [0.5, 0.6) is 0 Å². The number of furan rings is 1. The normalized spacial score (nSPS) is 14.2. The van der Waals surface area contributed by atoms with Crippen molar-refractivity contribution in [2.45, 2.75) is 20.3 Å². The number of fused-ring (bicyclic) bond motifs is 8. The minimum Gasteiger partial charge on any atom is -0.456 e. The van der Waals surface area contributed by atoms with Crippen LogP contribution in [0.25, 0.3) is 72.9 Å². The summed E-state index contributed by atoms with van der Waals surface area (Å²) in [5.41, 5.74) is 14.3. The van der Waals surface area contributed by atoms with E-state index in [2.05, 4.69) is 165 Å². The third-order valence-corrected chi connectivity index (χ3v) is 10.8. The van der Waals surface area contributed by atoms with Gasteiger partial charge >= 0.3 is 0 Å². The molecule has 0 atom stereocenters. The summed E-state index contributed by atoms with van der Waals surface area (Å²) in [6.07, 6.45) is 5.40. The van der Waals surface area contributed by atoms with Gasteiger partial charge in [0.1, 0.15) is 17.0 Å². The zero-order valence-electron chi connectivity index (χ0n) is 29.7. The van der Waals surface area contributed by atoms with E-state index in [0.717, 1.165) is 78.6 Å². The third-order valence-electron chi connectivity index (χ3n) is 10.8. The molecular formula is C50H36N2O. The summed E-state index contributed by atoms with van der Waals surface area (Å²) in [6, 6.07) is 54.5. The Labute approximate surface area is 307 Å². The molecule has 1 aliphatic carbocycles. The van der Waals surface area contributed by atoms with Gasteiger partial charge in [0.05, 0.1) is 0 Å². The summed E-state index contributed by atoms with van der Waals surface area (Å²) in [5, 5.41) is 10.9. The van der Waals surface area contributed by atoms with Crippen molar-refractivity contribution in [3.63, 3.8) is 0 Å². The lowest BCUT2D eigenvalue weighted by atomic mass is 9.87. The molecule has 0 saturated carbocycles. The second-order valence-corrected chi connectivity index (χ2v) is 13.9. The lowest BCUT2D eigenvalue weighted by Crippen LogP contribution is -2.24. The summed E-state index contributed by atoms with van der Waals surface area (Å²) in [7, 11) is 0. The second kappa shape index (κ2) is 12.5.